The first kappa shape index (κ1) is 23.6. The fraction of sp³-hybridized carbons (Fsp3) is 0.304. The molecule has 2 amide bonds. The maximum Gasteiger partial charge on any atom is 0.326 e. The summed E-state index contributed by atoms with van der Waals surface area (Å²) in [5.41, 5.74) is 1.71. The van der Waals surface area contributed by atoms with Gasteiger partial charge in [-0.25, -0.2) is 4.79 Å². The minimum absolute atomic E-state index is 0.0124. The van der Waals surface area contributed by atoms with Gasteiger partial charge < -0.3 is 20.8 Å². The Balaban J connectivity index is 1.87. The summed E-state index contributed by atoms with van der Waals surface area (Å²) >= 11 is 0. The highest BCUT2D eigenvalue weighted by Crippen LogP contribution is 2.24. The van der Waals surface area contributed by atoms with E-state index in [4.69, 9.17) is 10.2 Å². The maximum absolute atomic E-state index is 12.9. The Kier molecular flexibility index (Phi) is 9.22. The molecule has 0 spiro atoms. The molecule has 0 bridgehead atoms. The van der Waals surface area contributed by atoms with E-state index in [0.29, 0.717) is 6.42 Å². The van der Waals surface area contributed by atoms with Crippen LogP contribution in [0.25, 0.3) is 0 Å². The smallest absolute Gasteiger partial charge is 0.326 e. The number of carboxylic acids is 2. The van der Waals surface area contributed by atoms with Crippen LogP contribution in [0.4, 0.5) is 0 Å². The van der Waals surface area contributed by atoms with Crippen LogP contribution >= 0.6 is 0 Å². The van der Waals surface area contributed by atoms with Crippen molar-refractivity contribution in [1.82, 2.24) is 10.6 Å². The van der Waals surface area contributed by atoms with Gasteiger partial charge in [-0.05, 0) is 24.0 Å². The number of aliphatic carboxylic acids is 2. The van der Waals surface area contributed by atoms with E-state index in [0.717, 1.165) is 11.1 Å². The molecule has 0 radical (unpaired) electrons. The standard InChI is InChI=1S/C23H26N2O6/c26-19(25-18(23(30)31)13-14-20(27)28)12-7-15-24-22(29)21(16-8-3-1-4-9-16)17-10-5-2-6-11-17/h1-6,8-11,18,21H,7,12-15H2,(H,24,29)(H,25,26)(H,27,28)(H,30,31). The van der Waals surface area contributed by atoms with Gasteiger partial charge >= 0.3 is 11.9 Å². The molecular weight excluding hydrogens is 400 g/mol. The highest BCUT2D eigenvalue weighted by atomic mass is 16.4. The topological polar surface area (TPSA) is 133 Å². The van der Waals surface area contributed by atoms with Gasteiger partial charge in [0.05, 0.1) is 5.92 Å². The first-order valence-electron chi connectivity index (χ1n) is 10.00. The van der Waals surface area contributed by atoms with Crippen molar-refractivity contribution < 1.29 is 29.4 Å². The number of amides is 2. The van der Waals surface area contributed by atoms with Gasteiger partial charge in [0.25, 0.3) is 0 Å². The second-order valence-corrected chi connectivity index (χ2v) is 7.04. The Morgan fingerprint density at radius 3 is 1.84 bits per heavy atom. The normalized spacial score (nSPS) is 11.5. The number of hydrogen-bond donors (Lipinski definition) is 4. The van der Waals surface area contributed by atoms with Crippen LogP contribution in [-0.4, -0.2) is 46.6 Å². The lowest BCUT2D eigenvalue weighted by Gasteiger charge is -2.18. The molecule has 8 heteroatoms. The lowest BCUT2D eigenvalue weighted by atomic mass is 9.90. The Morgan fingerprint density at radius 2 is 1.35 bits per heavy atom. The lowest BCUT2D eigenvalue weighted by molar-refractivity contribution is -0.143. The van der Waals surface area contributed by atoms with Crippen molar-refractivity contribution in [3.8, 4) is 0 Å². The van der Waals surface area contributed by atoms with Gasteiger partial charge in [0.1, 0.15) is 6.04 Å². The van der Waals surface area contributed by atoms with Crippen molar-refractivity contribution in [2.75, 3.05) is 6.54 Å². The predicted octanol–water partition coefficient (Wildman–Crippen LogP) is 2.15. The van der Waals surface area contributed by atoms with Crippen LogP contribution in [0.5, 0.6) is 0 Å². The van der Waals surface area contributed by atoms with E-state index in [-0.39, 0.29) is 31.7 Å². The molecule has 164 valence electrons. The summed E-state index contributed by atoms with van der Waals surface area (Å²) in [5.74, 6) is -3.59. The average molecular weight is 426 g/mol. The monoisotopic (exact) mass is 426 g/mol. The molecule has 0 aliphatic heterocycles. The number of carboxylic acid groups (broad SMARTS) is 2. The molecule has 2 aromatic rings. The van der Waals surface area contributed by atoms with Crippen LogP contribution in [0, 0.1) is 0 Å². The summed E-state index contributed by atoms with van der Waals surface area (Å²) in [6.07, 6.45) is -0.214. The van der Waals surface area contributed by atoms with Gasteiger partial charge in [-0.1, -0.05) is 60.7 Å². The van der Waals surface area contributed by atoms with Crippen LogP contribution in [0.3, 0.4) is 0 Å². The molecule has 0 heterocycles. The van der Waals surface area contributed by atoms with Gasteiger partial charge in [0, 0.05) is 19.4 Å². The van der Waals surface area contributed by atoms with Gasteiger partial charge in [0.15, 0.2) is 0 Å². The van der Waals surface area contributed by atoms with E-state index in [1.807, 2.05) is 60.7 Å². The number of carbonyl (C=O) groups is 4. The summed E-state index contributed by atoms with van der Waals surface area (Å²) in [6, 6.07) is 17.5. The molecule has 0 saturated carbocycles. The molecule has 0 aromatic heterocycles. The molecule has 1 unspecified atom stereocenters. The largest absolute Gasteiger partial charge is 0.481 e. The second-order valence-electron chi connectivity index (χ2n) is 7.04. The summed E-state index contributed by atoms with van der Waals surface area (Å²) in [4.78, 5) is 46.6. The molecule has 4 N–H and O–H groups in total. The van der Waals surface area contributed by atoms with E-state index < -0.39 is 29.8 Å². The van der Waals surface area contributed by atoms with Crippen molar-refractivity contribution in [3.05, 3.63) is 71.8 Å². The van der Waals surface area contributed by atoms with Crippen LogP contribution in [0.15, 0.2) is 60.7 Å². The zero-order chi connectivity index (χ0) is 22.6. The second kappa shape index (κ2) is 12.1. The SMILES string of the molecule is O=C(O)CCC(NC(=O)CCCNC(=O)C(c1ccccc1)c1ccccc1)C(=O)O. The Morgan fingerprint density at radius 1 is 0.806 bits per heavy atom. The summed E-state index contributed by atoms with van der Waals surface area (Å²) in [7, 11) is 0. The van der Waals surface area contributed by atoms with E-state index in [2.05, 4.69) is 10.6 Å². The number of nitrogens with one attached hydrogen (secondary N) is 2. The van der Waals surface area contributed by atoms with Gasteiger partial charge in [-0.15, -0.1) is 0 Å². The van der Waals surface area contributed by atoms with Crippen LogP contribution < -0.4 is 10.6 Å². The van der Waals surface area contributed by atoms with Crippen LogP contribution in [0.1, 0.15) is 42.7 Å². The fourth-order valence-corrected chi connectivity index (χ4v) is 3.14. The van der Waals surface area contributed by atoms with Crippen LogP contribution in [0.2, 0.25) is 0 Å². The van der Waals surface area contributed by atoms with Gasteiger partial charge in [-0.2, -0.15) is 0 Å². The summed E-state index contributed by atoms with van der Waals surface area (Å²) < 4.78 is 0. The van der Waals surface area contributed by atoms with Crippen molar-refractivity contribution in [3.63, 3.8) is 0 Å². The number of rotatable bonds is 12. The van der Waals surface area contributed by atoms with Crippen molar-refractivity contribution in [2.45, 2.75) is 37.6 Å². The van der Waals surface area contributed by atoms with Crippen molar-refractivity contribution in [2.24, 2.45) is 0 Å². The van der Waals surface area contributed by atoms with Gasteiger partial charge in [-0.3, -0.25) is 14.4 Å². The highest BCUT2D eigenvalue weighted by Gasteiger charge is 2.23. The molecule has 0 saturated heterocycles. The molecule has 1 atom stereocenters. The highest BCUT2D eigenvalue weighted by molar-refractivity contribution is 5.87. The molecular formula is C23H26N2O6. The van der Waals surface area contributed by atoms with Crippen LogP contribution in [-0.2, 0) is 19.2 Å². The minimum atomic E-state index is -1.28. The molecule has 0 aliphatic carbocycles. The molecule has 0 aliphatic rings. The van der Waals surface area contributed by atoms with Crippen molar-refractivity contribution in [1.29, 1.82) is 0 Å². The predicted molar refractivity (Wildman–Crippen MR) is 113 cm³/mol. The molecule has 31 heavy (non-hydrogen) atoms. The first-order chi connectivity index (χ1) is 14.9. The number of benzene rings is 2. The van der Waals surface area contributed by atoms with Crippen molar-refractivity contribution >= 4 is 23.8 Å². The Bertz CT molecular complexity index is 846. The fourth-order valence-electron chi connectivity index (χ4n) is 3.14. The van der Waals surface area contributed by atoms with E-state index in [1.165, 1.54) is 0 Å². The third-order valence-corrected chi connectivity index (χ3v) is 4.69. The van der Waals surface area contributed by atoms with E-state index in [1.54, 1.807) is 0 Å². The zero-order valence-corrected chi connectivity index (χ0v) is 17.0. The number of carbonyl (C=O) groups excluding carboxylic acids is 2. The third-order valence-electron chi connectivity index (χ3n) is 4.69. The maximum atomic E-state index is 12.9. The summed E-state index contributed by atoms with van der Waals surface area (Å²) in [6.45, 7) is 0.245. The zero-order valence-electron chi connectivity index (χ0n) is 17.0. The Hall–Kier alpha value is -3.68. The summed E-state index contributed by atoms with van der Waals surface area (Å²) in [5, 5.41) is 22.9. The molecule has 8 nitrogen and oxygen atoms in total. The average Bonchev–Trinajstić information content (AvgIpc) is 2.75. The minimum Gasteiger partial charge on any atom is -0.481 e. The van der Waals surface area contributed by atoms with E-state index in [9.17, 15) is 19.2 Å². The molecule has 2 aromatic carbocycles. The first-order valence-corrected chi connectivity index (χ1v) is 10.00. The lowest BCUT2D eigenvalue weighted by Crippen LogP contribution is -2.41. The Labute approximate surface area is 180 Å². The molecule has 0 fully saturated rings. The van der Waals surface area contributed by atoms with E-state index >= 15 is 0 Å². The molecule has 2 rings (SSSR count). The number of hydrogen-bond acceptors (Lipinski definition) is 4. The third kappa shape index (κ3) is 7.93. The van der Waals surface area contributed by atoms with Gasteiger partial charge in [0.2, 0.25) is 11.8 Å². The quantitative estimate of drug-likeness (QED) is 0.385.